The van der Waals surface area contributed by atoms with Gasteiger partial charge < -0.3 is 10.7 Å². The lowest BCUT2D eigenvalue weighted by Gasteiger charge is -2.05. The van der Waals surface area contributed by atoms with Crippen LogP contribution in [0.1, 0.15) is 17.0 Å². The zero-order valence-electron chi connectivity index (χ0n) is 13.8. The van der Waals surface area contributed by atoms with Gasteiger partial charge in [0.25, 0.3) is 0 Å². The fourth-order valence-corrected chi connectivity index (χ4v) is 4.07. The maximum absolute atomic E-state index is 12.3. The fraction of sp³-hybridized carbons (Fsp3) is 0.375. The first-order valence-electron chi connectivity index (χ1n) is 7.53. The second-order valence-electron chi connectivity index (χ2n) is 5.47. The molecular weight excluding hydrogens is 344 g/mol. The Balaban J connectivity index is 1.80. The Morgan fingerprint density at radius 1 is 1.29 bits per heavy atom. The summed E-state index contributed by atoms with van der Waals surface area (Å²) in [6.07, 6.45) is 1.68. The summed E-state index contributed by atoms with van der Waals surface area (Å²) in [4.78, 5) is 11.7. The van der Waals surface area contributed by atoms with Gasteiger partial charge in [0, 0.05) is 17.2 Å². The molecule has 0 aliphatic rings. The molecule has 0 saturated carbocycles. The van der Waals surface area contributed by atoms with Crippen molar-refractivity contribution in [2.45, 2.75) is 24.5 Å². The van der Waals surface area contributed by atoms with Crippen LogP contribution < -0.4 is 5.73 Å². The van der Waals surface area contributed by atoms with E-state index in [-0.39, 0.29) is 16.5 Å². The fourth-order valence-electron chi connectivity index (χ4n) is 2.02. The molecular formula is C16H22N4O2S2. The van der Waals surface area contributed by atoms with Gasteiger partial charge in [0.15, 0.2) is 9.84 Å². The average molecular weight is 367 g/mol. The van der Waals surface area contributed by atoms with Crippen molar-refractivity contribution in [2.24, 2.45) is 10.7 Å². The molecule has 6 nitrogen and oxygen atoms in total. The van der Waals surface area contributed by atoms with Crippen LogP contribution in [0.4, 0.5) is 0 Å². The summed E-state index contributed by atoms with van der Waals surface area (Å²) in [5.74, 6) is 1.45. The van der Waals surface area contributed by atoms with E-state index in [1.54, 1.807) is 42.4 Å². The second kappa shape index (κ2) is 8.34. The van der Waals surface area contributed by atoms with E-state index in [1.165, 1.54) is 0 Å². The highest BCUT2D eigenvalue weighted by Gasteiger charge is 2.15. The van der Waals surface area contributed by atoms with Gasteiger partial charge in [-0.05, 0) is 26.0 Å². The van der Waals surface area contributed by atoms with Crippen molar-refractivity contribution < 1.29 is 8.42 Å². The quantitative estimate of drug-likeness (QED) is 0.423. The van der Waals surface area contributed by atoms with Crippen molar-refractivity contribution in [1.29, 1.82) is 0 Å². The third-order valence-electron chi connectivity index (χ3n) is 3.44. The van der Waals surface area contributed by atoms with E-state index in [2.05, 4.69) is 15.0 Å². The highest BCUT2D eigenvalue weighted by Crippen LogP contribution is 2.13. The number of aromatic amines is 1. The smallest absolute Gasteiger partial charge is 0.185 e. The lowest BCUT2D eigenvalue weighted by molar-refractivity contribution is 0.599. The highest BCUT2D eigenvalue weighted by atomic mass is 32.2. The van der Waals surface area contributed by atoms with Crippen LogP contribution in [0, 0.1) is 13.8 Å². The van der Waals surface area contributed by atoms with Gasteiger partial charge in [-0.2, -0.15) is 11.8 Å². The third kappa shape index (κ3) is 5.38. The number of nitrogens with one attached hydrogen (secondary N) is 1. The van der Waals surface area contributed by atoms with E-state index < -0.39 is 9.84 Å². The molecule has 0 unspecified atom stereocenters. The number of nitrogens with zero attached hydrogens (tertiary/aromatic N) is 2. The minimum Gasteiger partial charge on any atom is -0.387 e. The number of benzene rings is 1. The summed E-state index contributed by atoms with van der Waals surface area (Å²) in [6, 6.07) is 6.74. The number of aryl methyl sites for hydroxylation is 2. The normalized spacial score (nSPS) is 12.5. The number of hydrogen-bond donors (Lipinski definition) is 2. The number of thioether (sulfide) groups is 1. The predicted octanol–water partition coefficient (Wildman–Crippen LogP) is 2.09. The van der Waals surface area contributed by atoms with Crippen LogP contribution in [0.2, 0.25) is 0 Å². The Hall–Kier alpha value is -1.80. The Morgan fingerprint density at radius 3 is 2.62 bits per heavy atom. The number of hydrogen-bond acceptors (Lipinski definition) is 5. The van der Waals surface area contributed by atoms with Crippen molar-refractivity contribution >= 4 is 27.4 Å². The number of nitrogens with two attached hydrogens (primary N) is 1. The molecule has 2 aromatic rings. The first kappa shape index (κ1) is 18.5. The first-order chi connectivity index (χ1) is 11.4. The van der Waals surface area contributed by atoms with E-state index in [4.69, 9.17) is 5.73 Å². The van der Waals surface area contributed by atoms with Gasteiger partial charge in [0.05, 0.1) is 23.5 Å². The van der Waals surface area contributed by atoms with Crippen LogP contribution in [0.15, 0.2) is 40.5 Å². The van der Waals surface area contributed by atoms with E-state index in [0.717, 1.165) is 28.5 Å². The summed E-state index contributed by atoms with van der Waals surface area (Å²) >= 11 is 1.69. The van der Waals surface area contributed by atoms with Crippen molar-refractivity contribution in [1.82, 2.24) is 9.97 Å². The molecule has 0 spiro atoms. The Bertz CT molecular complexity index is 796. The molecule has 0 saturated heterocycles. The zero-order valence-corrected chi connectivity index (χ0v) is 15.5. The zero-order chi connectivity index (χ0) is 17.6. The number of H-pyrrole nitrogens is 1. The molecule has 1 aromatic carbocycles. The molecule has 0 aliphatic carbocycles. The molecule has 0 bridgehead atoms. The van der Waals surface area contributed by atoms with Gasteiger partial charge >= 0.3 is 0 Å². The van der Waals surface area contributed by atoms with Crippen molar-refractivity contribution in [3.8, 4) is 0 Å². The Labute approximate surface area is 146 Å². The Morgan fingerprint density at radius 2 is 2.00 bits per heavy atom. The second-order valence-corrected chi connectivity index (χ2v) is 8.57. The van der Waals surface area contributed by atoms with Gasteiger partial charge in [-0.25, -0.2) is 13.4 Å². The van der Waals surface area contributed by atoms with Gasteiger partial charge in [-0.3, -0.25) is 4.99 Å². The monoisotopic (exact) mass is 366 g/mol. The average Bonchev–Trinajstić information content (AvgIpc) is 2.92. The lowest BCUT2D eigenvalue weighted by atomic mass is 10.2. The van der Waals surface area contributed by atoms with Crippen LogP contribution in [0.25, 0.3) is 0 Å². The maximum atomic E-state index is 12.3. The standard InChI is InChI=1S/C16H22N4O2S2/c1-12-3-5-14(6-4-12)24(21,22)10-16(17)18-7-8-23-9-15-13(2)19-11-20-15/h3-6,11H,7-10H2,1-2H3,(H2,17,18)(H,19,20). The topological polar surface area (TPSA) is 101 Å². The van der Waals surface area contributed by atoms with Gasteiger partial charge in [0.2, 0.25) is 0 Å². The lowest BCUT2D eigenvalue weighted by Crippen LogP contribution is -2.24. The Kier molecular flexibility index (Phi) is 6.44. The minimum atomic E-state index is -3.44. The molecule has 0 radical (unpaired) electrons. The van der Waals surface area contributed by atoms with Gasteiger partial charge in [0.1, 0.15) is 11.6 Å². The molecule has 130 valence electrons. The summed E-state index contributed by atoms with van der Waals surface area (Å²) in [5, 5.41) is 0. The van der Waals surface area contributed by atoms with Crippen LogP contribution in [0.5, 0.6) is 0 Å². The summed E-state index contributed by atoms with van der Waals surface area (Å²) < 4.78 is 24.5. The highest BCUT2D eigenvalue weighted by molar-refractivity contribution is 7.98. The van der Waals surface area contributed by atoms with E-state index >= 15 is 0 Å². The van der Waals surface area contributed by atoms with E-state index in [9.17, 15) is 8.42 Å². The molecule has 24 heavy (non-hydrogen) atoms. The molecule has 1 heterocycles. The van der Waals surface area contributed by atoms with Gasteiger partial charge in [-0.1, -0.05) is 17.7 Å². The summed E-state index contributed by atoms with van der Waals surface area (Å²) in [5.41, 5.74) is 8.88. The van der Waals surface area contributed by atoms with Crippen LogP contribution >= 0.6 is 11.8 Å². The largest absolute Gasteiger partial charge is 0.387 e. The van der Waals surface area contributed by atoms with Crippen molar-refractivity contribution in [3.63, 3.8) is 0 Å². The number of sulfone groups is 1. The van der Waals surface area contributed by atoms with Crippen LogP contribution in [-0.2, 0) is 15.6 Å². The SMILES string of the molecule is Cc1ccc(S(=O)(=O)CC(N)=NCCSCc2nc[nH]c2C)cc1. The third-order valence-corrected chi connectivity index (χ3v) is 6.06. The molecule has 0 aliphatic heterocycles. The number of aliphatic imine (C=N–C) groups is 1. The van der Waals surface area contributed by atoms with Crippen molar-refractivity contribution in [3.05, 3.63) is 47.5 Å². The van der Waals surface area contributed by atoms with Crippen LogP contribution in [0.3, 0.4) is 0 Å². The molecule has 0 fully saturated rings. The molecule has 1 aromatic heterocycles. The van der Waals surface area contributed by atoms with Crippen molar-refractivity contribution in [2.75, 3.05) is 18.1 Å². The summed E-state index contributed by atoms with van der Waals surface area (Å²) in [7, 11) is -3.44. The maximum Gasteiger partial charge on any atom is 0.185 e. The summed E-state index contributed by atoms with van der Waals surface area (Å²) in [6.45, 7) is 4.38. The number of aromatic nitrogens is 2. The number of rotatable bonds is 8. The number of amidine groups is 1. The molecule has 2 rings (SSSR count). The molecule has 0 amide bonds. The van der Waals surface area contributed by atoms with E-state index in [1.807, 2.05) is 13.8 Å². The molecule has 0 atom stereocenters. The molecule has 3 N–H and O–H groups in total. The molecule has 8 heteroatoms. The minimum absolute atomic E-state index is 0.145. The van der Waals surface area contributed by atoms with Gasteiger partial charge in [-0.15, -0.1) is 0 Å². The predicted molar refractivity (Wildman–Crippen MR) is 99.2 cm³/mol. The first-order valence-corrected chi connectivity index (χ1v) is 10.3. The van der Waals surface area contributed by atoms with E-state index in [0.29, 0.717) is 6.54 Å². The number of imidazole rings is 1. The van der Waals surface area contributed by atoms with Crippen LogP contribution in [-0.4, -0.2) is 42.3 Å².